The Labute approximate surface area is 108 Å². The maximum atomic E-state index is 6.32. The minimum Gasteiger partial charge on any atom is -0.487 e. The van der Waals surface area contributed by atoms with Crippen LogP contribution >= 0.6 is 0 Å². The van der Waals surface area contributed by atoms with Gasteiger partial charge in [0, 0.05) is 30.9 Å². The van der Waals surface area contributed by atoms with E-state index in [9.17, 15) is 0 Å². The molecule has 0 aliphatic carbocycles. The zero-order chi connectivity index (χ0) is 12.8. The van der Waals surface area contributed by atoms with E-state index in [0.717, 1.165) is 30.6 Å². The van der Waals surface area contributed by atoms with Crippen LogP contribution in [0.1, 0.15) is 44.7 Å². The number of nitrogens with two attached hydrogens (primary N) is 1. The summed E-state index contributed by atoms with van der Waals surface area (Å²) in [6.45, 7) is 4.24. The molecular formula is C15H21NO2. The highest BCUT2D eigenvalue weighted by molar-refractivity contribution is 5.38. The monoisotopic (exact) mass is 247 g/mol. The van der Waals surface area contributed by atoms with Crippen molar-refractivity contribution in [3.8, 4) is 5.75 Å². The van der Waals surface area contributed by atoms with Crippen LogP contribution in [0.2, 0.25) is 0 Å². The van der Waals surface area contributed by atoms with Crippen LogP contribution < -0.4 is 10.5 Å². The van der Waals surface area contributed by atoms with Crippen molar-refractivity contribution in [1.82, 2.24) is 0 Å². The van der Waals surface area contributed by atoms with Gasteiger partial charge < -0.3 is 15.2 Å². The van der Waals surface area contributed by atoms with E-state index in [1.807, 2.05) is 18.2 Å². The minimum absolute atomic E-state index is 0.0763. The molecule has 0 aromatic heterocycles. The van der Waals surface area contributed by atoms with Gasteiger partial charge in [-0.25, -0.2) is 0 Å². The van der Waals surface area contributed by atoms with Gasteiger partial charge >= 0.3 is 0 Å². The van der Waals surface area contributed by atoms with Crippen LogP contribution in [0.4, 0.5) is 0 Å². The highest BCUT2D eigenvalue weighted by Crippen LogP contribution is 2.45. The molecule has 1 spiro atoms. The third kappa shape index (κ3) is 2.02. The molecule has 0 amide bonds. The van der Waals surface area contributed by atoms with E-state index in [0.29, 0.717) is 0 Å². The predicted molar refractivity (Wildman–Crippen MR) is 70.6 cm³/mol. The quantitative estimate of drug-likeness (QED) is 0.766. The summed E-state index contributed by atoms with van der Waals surface area (Å²) in [5.41, 5.74) is 7.32. The van der Waals surface area contributed by atoms with Crippen LogP contribution in [0.15, 0.2) is 24.3 Å². The Hall–Kier alpha value is -1.06. The van der Waals surface area contributed by atoms with E-state index >= 15 is 0 Å². The van der Waals surface area contributed by atoms with Crippen LogP contribution in [0.3, 0.4) is 0 Å². The lowest BCUT2D eigenvalue weighted by atomic mass is 9.79. The molecule has 3 rings (SSSR count). The fourth-order valence-corrected chi connectivity index (χ4v) is 3.54. The number of fused-ring (bicyclic) bond motifs is 1. The maximum absolute atomic E-state index is 6.32. The van der Waals surface area contributed by atoms with Gasteiger partial charge in [-0.1, -0.05) is 18.2 Å². The summed E-state index contributed by atoms with van der Waals surface area (Å²) in [5.74, 6) is 0.956. The second-order valence-electron chi connectivity index (χ2n) is 5.80. The molecule has 0 radical (unpaired) electrons. The Bertz CT molecular complexity index is 436. The highest BCUT2D eigenvalue weighted by atomic mass is 16.5. The van der Waals surface area contributed by atoms with Gasteiger partial charge in [-0.2, -0.15) is 0 Å². The van der Waals surface area contributed by atoms with Gasteiger partial charge in [0.05, 0.1) is 12.2 Å². The Morgan fingerprint density at radius 2 is 1.78 bits per heavy atom. The van der Waals surface area contributed by atoms with Gasteiger partial charge in [0.2, 0.25) is 0 Å². The lowest BCUT2D eigenvalue weighted by Gasteiger charge is -2.47. The molecule has 1 aromatic carbocycles. The van der Waals surface area contributed by atoms with Gasteiger partial charge in [-0.3, -0.25) is 0 Å². The molecule has 98 valence electrons. The molecule has 0 bridgehead atoms. The largest absolute Gasteiger partial charge is 0.487 e. The van der Waals surface area contributed by atoms with Crippen LogP contribution in [0.5, 0.6) is 5.75 Å². The molecule has 2 unspecified atom stereocenters. The predicted octanol–water partition coefficient (Wildman–Crippen LogP) is 2.80. The molecular weight excluding hydrogens is 226 g/mol. The first-order chi connectivity index (χ1) is 8.58. The summed E-state index contributed by atoms with van der Waals surface area (Å²) < 4.78 is 12.1. The highest BCUT2D eigenvalue weighted by Gasteiger charge is 2.45. The molecule has 1 aromatic rings. The van der Waals surface area contributed by atoms with E-state index in [4.69, 9.17) is 15.2 Å². The zero-order valence-electron chi connectivity index (χ0n) is 11.1. The van der Waals surface area contributed by atoms with Crippen LogP contribution in [-0.4, -0.2) is 17.8 Å². The van der Waals surface area contributed by atoms with Crippen molar-refractivity contribution < 1.29 is 9.47 Å². The number of ether oxygens (including phenoxy) is 2. The van der Waals surface area contributed by atoms with E-state index in [-0.39, 0.29) is 23.9 Å². The normalized spacial score (nSPS) is 39.2. The van der Waals surface area contributed by atoms with E-state index in [2.05, 4.69) is 19.9 Å². The molecule has 1 fully saturated rings. The first kappa shape index (κ1) is 12.0. The summed E-state index contributed by atoms with van der Waals surface area (Å²) in [6, 6.07) is 8.21. The fourth-order valence-electron chi connectivity index (χ4n) is 3.54. The summed E-state index contributed by atoms with van der Waals surface area (Å²) in [5, 5.41) is 0. The van der Waals surface area contributed by atoms with Crippen molar-refractivity contribution in [2.45, 2.75) is 57.0 Å². The Kier molecular flexibility index (Phi) is 2.83. The lowest BCUT2D eigenvalue weighted by molar-refractivity contribution is -0.129. The second-order valence-corrected chi connectivity index (χ2v) is 5.80. The van der Waals surface area contributed by atoms with Gasteiger partial charge in [0.25, 0.3) is 0 Å². The van der Waals surface area contributed by atoms with Crippen LogP contribution in [-0.2, 0) is 4.74 Å². The molecule has 2 heterocycles. The summed E-state index contributed by atoms with van der Waals surface area (Å²) in [6.07, 6.45) is 3.23. The third-order valence-electron chi connectivity index (χ3n) is 4.02. The van der Waals surface area contributed by atoms with Gasteiger partial charge in [0.15, 0.2) is 0 Å². The molecule has 18 heavy (non-hydrogen) atoms. The minimum atomic E-state index is -0.134. The van der Waals surface area contributed by atoms with E-state index < -0.39 is 0 Å². The second kappa shape index (κ2) is 4.25. The van der Waals surface area contributed by atoms with Crippen molar-refractivity contribution in [3.05, 3.63) is 29.8 Å². The Balaban J connectivity index is 1.93. The molecule has 3 nitrogen and oxygen atoms in total. The number of para-hydroxylation sites is 1. The van der Waals surface area contributed by atoms with Crippen molar-refractivity contribution in [2.75, 3.05) is 0 Å². The zero-order valence-corrected chi connectivity index (χ0v) is 11.1. The summed E-state index contributed by atoms with van der Waals surface area (Å²) in [4.78, 5) is 0. The summed E-state index contributed by atoms with van der Waals surface area (Å²) in [7, 11) is 0. The average Bonchev–Trinajstić information content (AvgIpc) is 2.26. The number of hydrogen-bond acceptors (Lipinski definition) is 3. The standard InChI is InChI=1S/C15H21NO2/c1-10-7-15(8-11(2)17-10)9-13(16)12-5-3-4-6-14(12)18-15/h3-6,10-11,13H,7-9,16H2,1-2H3/t10?,11?,13-,15?/m0/s1. The first-order valence-corrected chi connectivity index (χ1v) is 6.77. The van der Waals surface area contributed by atoms with E-state index in [1.54, 1.807) is 0 Å². The molecule has 1 saturated heterocycles. The van der Waals surface area contributed by atoms with Crippen LogP contribution in [0, 0.1) is 0 Å². The van der Waals surface area contributed by atoms with Crippen molar-refractivity contribution in [3.63, 3.8) is 0 Å². The topological polar surface area (TPSA) is 44.5 Å². The smallest absolute Gasteiger partial charge is 0.124 e. The average molecular weight is 247 g/mol. The first-order valence-electron chi connectivity index (χ1n) is 6.77. The molecule has 2 aliphatic rings. The van der Waals surface area contributed by atoms with Gasteiger partial charge in [0.1, 0.15) is 11.4 Å². The third-order valence-corrected chi connectivity index (χ3v) is 4.02. The fraction of sp³-hybridized carbons (Fsp3) is 0.600. The van der Waals surface area contributed by atoms with Crippen molar-refractivity contribution >= 4 is 0 Å². The molecule has 0 saturated carbocycles. The molecule has 2 N–H and O–H groups in total. The molecule has 3 heteroatoms. The Morgan fingerprint density at radius 1 is 1.11 bits per heavy atom. The van der Waals surface area contributed by atoms with Gasteiger partial charge in [-0.05, 0) is 19.9 Å². The molecule has 2 aliphatic heterocycles. The number of benzene rings is 1. The summed E-state index contributed by atoms with van der Waals surface area (Å²) >= 11 is 0. The van der Waals surface area contributed by atoms with Crippen LogP contribution in [0.25, 0.3) is 0 Å². The maximum Gasteiger partial charge on any atom is 0.124 e. The number of rotatable bonds is 0. The molecule has 3 atom stereocenters. The number of hydrogen-bond donors (Lipinski definition) is 1. The van der Waals surface area contributed by atoms with Crippen molar-refractivity contribution in [1.29, 1.82) is 0 Å². The van der Waals surface area contributed by atoms with Crippen molar-refractivity contribution in [2.24, 2.45) is 5.73 Å². The Morgan fingerprint density at radius 3 is 2.50 bits per heavy atom. The lowest BCUT2D eigenvalue weighted by Crippen LogP contribution is -2.51. The van der Waals surface area contributed by atoms with E-state index in [1.165, 1.54) is 0 Å². The SMILES string of the molecule is CC1CC2(CC(C)O1)C[C@H](N)c1ccccc1O2. The van der Waals surface area contributed by atoms with Gasteiger partial charge in [-0.15, -0.1) is 0 Å².